The third-order valence-corrected chi connectivity index (χ3v) is 4.55. The van der Waals surface area contributed by atoms with Crippen molar-refractivity contribution in [2.45, 2.75) is 39.2 Å². The number of anilines is 1. The lowest BCUT2D eigenvalue weighted by molar-refractivity contribution is -0.133. The third-order valence-electron chi connectivity index (χ3n) is 4.55. The highest BCUT2D eigenvalue weighted by Crippen LogP contribution is 2.29. The second kappa shape index (κ2) is 8.28. The molecule has 0 spiro atoms. The van der Waals surface area contributed by atoms with Crippen LogP contribution in [0.15, 0.2) is 18.2 Å². The summed E-state index contributed by atoms with van der Waals surface area (Å²) in [6, 6.07) is 4.41. The number of carbonyl (C=O) groups is 3. The summed E-state index contributed by atoms with van der Waals surface area (Å²) in [5, 5.41) is 5.37. The Labute approximate surface area is 159 Å². The lowest BCUT2D eigenvalue weighted by atomic mass is 9.92. The summed E-state index contributed by atoms with van der Waals surface area (Å²) in [6.07, 6.45) is 1.32. The fraction of sp³-hybridized carbons (Fsp3) is 0.526. The molecule has 0 bridgehead atoms. The Kier molecular flexibility index (Phi) is 6.30. The molecule has 8 nitrogen and oxygen atoms in total. The number of nitrogens with zero attached hydrogens (tertiary/aromatic N) is 1. The summed E-state index contributed by atoms with van der Waals surface area (Å²) in [5.74, 6) is 0.508. The van der Waals surface area contributed by atoms with E-state index < -0.39 is 17.5 Å². The highest BCUT2D eigenvalue weighted by atomic mass is 16.5. The van der Waals surface area contributed by atoms with E-state index in [1.165, 1.54) is 14.2 Å². The topological polar surface area (TPSA) is 97.0 Å². The monoisotopic (exact) mass is 377 g/mol. The van der Waals surface area contributed by atoms with Crippen LogP contribution in [0.2, 0.25) is 0 Å². The van der Waals surface area contributed by atoms with Gasteiger partial charge in [-0.15, -0.1) is 0 Å². The molecule has 0 aliphatic carbocycles. The third kappa shape index (κ3) is 4.69. The smallest absolute Gasteiger partial charge is 0.325 e. The van der Waals surface area contributed by atoms with Gasteiger partial charge in [0.25, 0.3) is 5.91 Å². The van der Waals surface area contributed by atoms with E-state index in [9.17, 15) is 14.4 Å². The van der Waals surface area contributed by atoms with Gasteiger partial charge in [-0.3, -0.25) is 14.5 Å². The summed E-state index contributed by atoms with van der Waals surface area (Å²) in [6.45, 7) is 5.43. The molecule has 8 heteroatoms. The minimum Gasteiger partial charge on any atom is -0.497 e. The van der Waals surface area contributed by atoms with Gasteiger partial charge in [0.05, 0.1) is 19.9 Å². The molecule has 1 saturated heterocycles. The van der Waals surface area contributed by atoms with Crippen LogP contribution in [0.5, 0.6) is 11.5 Å². The van der Waals surface area contributed by atoms with Gasteiger partial charge >= 0.3 is 6.03 Å². The molecular weight excluding hydrogens is 350 g/mol. The summed E-state index contributed by atoms with van der Waals surface area (Å²) >= 11 is 0. The SMILES string of the molecule is COc1ccc(OC)c(NC(=O)CN2C(=O)N[C@@](C)(CCC(C)C)C2=O)c1. The van der Waals surface area contributed by atoms with Gasteiger partial charge in [-0.2, -0.15) is 0 Å². The van der Waals surface area contributed by atoms with Crippen molar-refractivity contribution in [2.24, 2.45) is 5.92 Å². The lowest BCUT2D eigenvalue weighted by Crippen LogP contribution is -2.44. The fourth-order valence-electron chi connectivity index (χ4n) is 2.88. The van der Waals surface area contributed by atoms with Crippen LogP contribution in [-0.4, -0.2) is 49.0 Å². The van der Waals surface area contributed by atoms with Crippen LogP contribution in [0.1, 0.15) is 33.6 Å². The molecule has 0 saturated carbocycles. The van der Waals surface area contributed by atoms with E-state index in [-0.39, 0.29) is 12.5 Å². The van der Waals surface area contributed by atoms with Crippen molar-refractivity contribution in [3.8, 4) is 11.5 Å². The van der Waals surface area contributed by atoms with Gasteiger partial charge in [-0.25, -0.2) is 4.79 Å². The van der Waals surface area contributed by atoms with E-state index in [1.54, 1.807) is 25.1 Å². The molecule has 2 N–H and O–H groups in total. The van der Waals surface area contributed by atoms with E-state index in [2.05, 4.69) is 24.5 Å². The van der Waals surface area contributed by atoms with E-state index in [4.69, 9.17) is 9.47 Å². The largest absolute Gasteiger partial charge is 0.497 e. The van der Waals surface area contributed by atoms with Crippen molar-refractivity contribution >= 4 is 23.5 Å². The number of benzene rings is 1. The zero-order valence-electron chi connectivity index (χ0n) is 16.4. The predicted octanol–water partition coefficient (Wildman–Crippen LogP) is 2.39. The van der Waals surface area contributed by atoms with Crippen molar-refractivity contribution < 1.29 is 23.9 Å². The molecule has 1 heterocycles. The van der Waals surface area contributed by atoms with Gasteiger partial charge in [0.2, 0.25) is 5.91 Å². The second-order valence-corrected chi connectivity index (χ2v) is 7.20. The number of hydrogen-bond donors (Lipinski definition) is 2. The van der Waals surface area contributed by atoms with Gasteiger partial charge in [0.15, 0.2) is 0 Å². The van der Waals surface area contributed by atoms with Gasteiger partial charge in [0.1, 0.15) is 23.6 Å². The van der Waals surface area contributed by atoms with Crippen molar-refractivity contribution in [3.05, 3.63) is 18.2 Å². The van der Waals surface area contributed by atoms with Crippen molar-refractivity contribution in [1.29, 1.82) is 0 Å². The Morgan fingerprint density at radius 2 is 1.96 bits per heavy atom. The number of urea groups is 1. The highest BCUT2D eigenvalue weighted by Gasteiger charge is 2.47. The maximum Gasteiger partial charge on any atom is 0.325 e. The Morgan fingerprint density at radius 1 is 1.26 bits per heavy atom. The van der Waals surface area contributed by atoms with Crippen molar-refractivity contribution in [1.82, 2.24) is 10.2 Å². The average molecular weight is 377 g/mol. The molecule has 2 rings (SSSR count). The molecule has 4 amide bonds. The van der Waals surface area contributed by atoms with E-state index >= 15 is 0 Å². The van der Waals surface area contributed by atoms with Gasteiger partial charge in [0, 0.05) is 6.07 Å². The maximum atomic E-state index is 12.7. The first-order chi connectivity index (χ1) is 12.7. The zero-order valence-corrected chi connectivity index (χ0v) is 16.4. The van der Waals surface area contributed by atoms with E-state index in [0.717, 1.165) is 11.3 Å². The highest BCUT2D eigenvalue weighted by molar-refractivity contribution is 6.10. The van der Waals surface area contributed by atoms with Crippen LogP contribution in [0, 0.1) is 5.92 Å². The number of ether oxygens (including phenoxy) is 2. The number of rotatable bonds is 8. The van der Waals surface area contributed by atoms with Crippen LogP contribution in [0.3, 0.4) is 0 Å². The van der Waals surface area contributed by atoms with Crippen LogP contribution in [-0.2, 0) is 9.59 Å². The maximum absolute atomic E-state index is 12.7. The van der Waals surface area contributed by atoms with Crippen molar-refractivity contribution in [3.63, 3.8) is 0 Å². The predicted molar refractivity (Wildman–Crippen MR) is 101 cm³/mol. The quantitative estimate of drug-likeness (QED) is 0.678. The first kappa shape index (κ1) is 20.5. The molecule has 1 fully saturated rings. The van der Waals surface area contributed by atoms with E-state index in [1.807, 2.05) is 0 Å². The van der Waals surface area contributed by atoms with Crippen LogP contribution in [0.4, 0.5) is 10.5 Å². The molecule has 1 aromatic carbocycles. The minimum absolute atomic E-state index is 0.373. The summed E-state index contributed by atoms with van der Waals surface area (Å²) in [5.41, 5.74) is -0.577. The Bertz CT molecular complexity index is 734. The van der Waals surface area contributed by atoms with Crippen molar-refractivity contribution in [2.75, 3.05) is 26.1 Å². The number of hydrogen-bond acceptors (Lipinski definition) is 5. The standard InChI is InChI=1S/C19H27N3O5/c1-12(2)8-9-19(3)17(24)22(18(25)21-19)11-16(23)20-14-10-13(26-4)6-7-15(14)27-5/h6-7,10,12H,8-9,11H2,1-5H3,(H,20,23)(H,21,25)/t19-/m0/s1. The first-order valence-corrected chi connectivity index (χ1v) is 8.86. The molecule has 1 aliphatic heterocycles. The zero-order chi connectivity index (χ0) is 20.2. The Hall–Kier alpha value is -2.77. The van der Waals surface area contributed by atoms with Crippen LogP contribution >= 0.6 is 0 Å². The average Bonchev–Trinajstić information content (AvgIpc) is 2.83. The molecule has 0 radical (unpaired) electrons. The number of nitrogens with one attached hydrogen (secondary N) is 2. The lowest BCUT2D eigenvalue weighted by Gasteiger charge is -2.22. The molecule has 148 valence electrons. The minimum atomic E-state index is -0.977. The van der Waals surface area contributed by atoms with Crippen LogP contribution in [0.25, 0.3) is 0 Å². The molecule has 0 aromatic heterocycles. The fourth-order valence-corrected chi connectivity index (χ4v) is 2.88. The number of imide groups is 1. The number of methoxy groups -OCH3 is 2. The van der Waals surface area contributed by atoms with E-state index in [0.29, 0.717) is 29.5 Å². The molecule has 1 atom stereocenters. The van der Waals surface area contributed by atoms with Gasteiger partial charge in [-0.05, 0) is 37.8 Å². The number of amides is 4. The van der Waals surface area contributed by atoms with Crippen LogP contribution < -0.4 is 20.1 Å². The first-order valence-electron chi connectivity index (χ1n) is 8.86. The Balaban J connectivity index is 2.07. The summed E-state index contributed by atoms with van der Waals surface area (Å²) in [7, 11) is 2.99. The molecule has 27 heavy (non-hydrogen) atoms. The van der Waals surface area contributed by atoms with Gasteiger partial charge < -0.3 is 20.1 Å². The summed E-state index contributed by atoms with van der Waals surface area (Å²) in [4.78, 5) is 38.3. The molecular formula is C19H27N3O5. The number of carbonyl (C=O) groups excluding carboxylic acids is 3. The molecule has 1 aromatic rings. The molecule has 0 unspecified atom stereocenters. The Morgan fingerprint density at radius 3 is 2.56 bits per heavy atom. The van der Waals surface area contributed by atoms with Gasteiger partial charge in [-0.1, -0.05) is 13.8 Å². The summed E-state index contributed by atoms with van der Waals surface area (Å²) < 4.78 is 10.4. The second-order valence-electron chi connectivity index (χ2n) is 7.20. The molecule has 1 aliphatic rings. The normalized spacial score (nSPS) is 19.3.